The third-order valence-electron chi connectivity index (χ3n) is 2.05. The fraction of sp³-hybridized carbons (Fsp3) is 0.333. The summed E-state index contributed by atoms with van der Waals surface area (Å²) in [5.41, 5.74) is 7.93. The Balaban J connectivity index is 2.27. The molecule has 1 aromatic rings. The Kier molecular flexibility index (Phi) is 1.87. The lowest BCUT2D eigenvalue weighted by Crippen LogP contribution is -2.11. The lowest BCUT2D eigenvalue weighted by Gasteiger charge is -1.97. The number of aromatic nitrogens is 2. The summed E-state index contributed by atoms with van der Waals surface area (Å²) in [6.45, 7) is 0. The third kappa shape index (κ3) is 1.36. The van der Waals surface area contributed by atoms with Crippen LogP contribution < -0.4 is 5.73 Å². The molecule has 62 valence electrons. The van der Waals surface area contributed by atoms with Crippen LogP contribution in [0.25, 0.3) is 5.57 Å². The summed E-state index contributed by atoms with van der Waals surface area (Å²) in [5, 5.41) is 0. The Hall–Kier alpha value is -1.22. The molecule has 12 heavy (non-hydrogen) atoms. The number of hydrogen-bond donors (Lipinski definition) is 1. The van der Waals surface area contributed by atoms with E-state index in [0.29, 0.717) is 0 Å². The van der Waals surface area contributed by atoms with Gasteiger partial charge in [-0.25, -0.2) is 0 Å². The van der Waals surface area contributed by atoms with Gasteiger partial charge in [0.25, 0.3) is 0 Å². The van der Waals surface area contributed by atoms with Gasteiger partial charge in [-0.15, -0.1) is 0 Å². The minimum atomic E-state index is 0.210. The lowest BCUT2D eigenvalue weighted by molar-refractivity contribution is 0.782. The van der Waals surface area contributed by atoms with Crippen molar-refractivity contribution in [2.24, 2.45) is 5.73 Å². The van der Waals surface area contributed by atoms with Crippen LogP contribution in [-0.4, -0.2) is 16.0 Å². The first-order valence-corrected chi connectivity index (χ1v) is 4.09. The van der Waals surface area contributed by atoms with Gasteiger partial charge < -0.3 is 5.73 Å². The monoisotopic (exact) mass is 161 g/mol. The predicted octanol–water partition coefficient (Wildman–Crippen LogP) is 0.981. The van der Waals surface area contributed by atoms with Gasteiger partial charge in [-0.2, -0.15) is 0 Å². The molecular formula is C9H11N3. The molecule has 0 bridgehead atoms. The molecule has 0 saturated carbocycles. The molecule has 0 radical (unpaired) electrons. The van der Waals surface area contributed by atoms with Crippen molar-refractivity contribution < 1.29 is 0 Å². The number of rotatable bonds is 1. The molecule has 1 aromatic heterocycles. The van der Waals surface area contributed by atoms with Crippen LogP contribution in [0.4, 0.5) is 0 Å². The van der Waals surface area contributed by atoms with Crippen LogP contribution in [0.15, 0.2) is 24.7 Å². The van der Waals surface area contributed by atoms with Crippen LogP contribution in [0, 0.1) is 0 Å². The normalized spacial score (nSPS) is 22.4. The zero-order valence-corrected chi connectivity index (χ0v) is 6.77. The van der Waals surface area contributed by atoms with E-state index < -0.39 is 0 Å². The summed E-state index contributed by atoms with van der Waals surface area (Å²) in [5.74, 6) is 0. The van der Waals surface area contributed by atoms with E-state index in [1.807, 2.05) is 0 Å². The molecule has 2 N–H and O–H groups in total. The zero-order valence-electron chi connectivity index (χ0n) is 6.77. The molecule has 1 atom stereocenters. The van der Waals surface area contributed by atoms with Gasteiger partial charge in [0.1, 0.15) is 0 Å². The average molecular weight is 161 g/mol. The Morgan fingerprint density at radius 3 is 2.92 bits per heavy atom. The van der Waals surface area contributed by atoms with Gasteiger partial charge in [0.05, 0.1) is 11.9 Å². The molecule has 0 spiro atoms. The SMILES string of the molecule is NC1C=C(c2cnccn2)CC1. The molecule has 3 nitrogen and oxygen atoms in total. The van der Waals surface area contributed by atoms with E-state index in [9.17, 15) is 0 Å². The smallest absolute Gasteiger partial charge is 0.0842 e. The molecule has 0 aliphatic heterocycles. The number of nitrogens with zero attached hydrogens (tertiary/aromatic N) is 2. The van der Waals surface area contributed by atoms with Gasteiger partial charge in [-0.3, -0.25) is 9.97 Å². The maximum atomic E-state index is 5.74. The molecular weight excluding hydrogens is 150 g/mol. The van der Waals surface area contributed by atoms with E-state index >= 15 is 0 Å². The Morgan fingerprint density at radius 2 is 2.33 bits per heavy atom. The summed E-state index contributed by atoms with van der Waals surface area (Å²) in [6.07, 6.45) is 9.30. The van der Waals surface area contributed by atoms with E-state index in [1.165, 1.54) is 5.57 Å². The van der Waals surface area contributed by atoms with Crippen LogP contribution in [-0.2, 0) is 0 Å². The second kappa shape index (κ2) is 3.03. The zero-order chi connectivity index (χ0) is 8.39. The largest absolute Gasteiger partial charge is 0.324 e. The standard InChI is InChI=1S/C9H11N3/c10-8-2-1-7(5-8)9-6-11-3-4-12-9/h3-6,8H,1-2,10H2. The first kappa shape index (κ1) is 7.43. The highest BCUT2D eigenvalue weighted by molar-refractivity contribution is 5.64. The molecule has 1 aliphatic carbocycles. The van der Waals surface area contributed by atoms with E-state index in [0.717, 1.165) is 18.5 Å². The van der Waals surface area contributed by atoms with Gasteiger partial charge in [-0.05, 0) is 18.4 Å². The second-order valence-electron chi connectivity index (χ2n) is 2.99. The van der Waals surface area contributed by atoms with Crippen molar-refractivity contribution in [3.8, 4) is 0 Å². The second-order valence-corrected chi connectivity index (χ2v) is 2.99. The summed E-state index contributed by atoms with van der Waals surface area (Å²) in [7, 11) is 0. The van der Waals surface area contributed by atoms with Crippen LogP contribution in [0.5, 0.6) is 0 Å². The minimum Gasteiger partial charge on any atom is -0.324 e. The van der Waals surface area contributed by atoms with Crippen molar-refractivity contribution in [1.82, 2.24) is 9.97 Å². The van der Waals surface area contributed by atoms with Crippen molar-refractivity contribution in [1.29, 1.82) is 0 Å². The summed E-state index contributed by atoms with van der Waals surface area (Å²) < 4.78 is 0. The molecule has 1 aliphatic rings. The quantitative estimate of drug-likeness (QED) is 0.668. The highest BCUT2D eigenvalue weighted by Crippen LogP contribution is 2.24. The highest BCUT2D eigenvalue weighted by Gasteiger charge is 2.13. The fourth-order valence-corrected chi connectivity index (χ4v) is 1.43. The summed E-state index contributed by atoms with van der Waals surface area (Å²) in [4.78, 5) is 8.22. The number of allylic oxidation sites excluding steroid dienone is 1. The first-order valence-electron chi connectivity index (χ1n) is 4.09. The van der Waals surface area contributed by atoms with Crippen molar-refractivity contribution in [2.45, 2.75) is 18.9 Å². The highest BCUT2D eigenvalue weighted by atomic mass is 14.8. The maximum Gasteiger partial charge on any atom is 0.0842 e. The summed E-state index contributed by atoms with van der Waals surface area (Å²) >= 11 is 0. The number of nitrogens with two attached hydrogens (primary N) is 1. The van der Waals surface area contributed by atoms with E-state index in [4.69, 9.17) is 5.73 Å². The van der Waals surface area contributed by atoms with E-state index in [1.54, 1.807) is 18.6 Å². The predicted molar refractivity (Wildman–Crippen MR) is 47.2 cm³/mol. The first-order chi connectivity index (χ1) is 5.86. The van der Waals surface area contributed by atoms with Gasteiger partial charge >= 0.3 is 0 Å². The van der Waals surface area contributed by atoms with E-state index in [-0.39, 0.29) is 6.04 Å². The third-order valence-corrected chi connectivity index (χ3v) is 2.05. The van der Waals surface area contributed by atoms with Crippen molar-refractivity contribution in [3.05, 3.63) is 30.4 Å². The van der Waals surface area contributed by atoms with E-state index in [2.05, 4.69) is 16.0 Å². The fourth-order valence-electron chi connectivity index (χ4n) is 1.43. The molecule has 0 aromatic carbocycles. The molecule has 1 unspecified atom stereocenters. The Morgan fingerprint density at radius 1 is 1.42 bits per heavy atom. The van der Waals surface area contributed by atoms with Gasteiger partial charge in [0, 0.05) is 18.4 Å². The minimum absolute atomic E-state index is 0.210. The lowest BCUT2D eigenvalue weighted by atomic mass is 10.2. The van der Waals surface area contributed by atoms with Crippen LogP contribution in [0.2, 0.25) is 0 Å². The molecule has 2 rings (SSSR count). The molecule has 0 saturated heterocycles. The Labute approximate surface area is 71.3 Å². The van der Waals surface area contributed by atoms with Gasteiger partial charge in [0.15, 0.2) is 0 Å². The molecule has 0 amide bonds. The molecule has 1 heterocycles. The van der Waals surface area contributed by atoms with Crippen molar-refractivity contribution in [3.63, 3.8) is 0 Å². The summed E-state index contributed by atoms with van der Waals surface area (Å²) in [6, 6.07) is 0.210. The molecule has 3 heteroatoms. The van der Waals surface area contributed by atoms with Crippen molar-refractivity contribution >= 4 is 5.57 Å². The molecule has 0 fully saturated rings. The maximum absolute atomic E-state index is 5.74. The number of hydrogen-bond acceptors (Lipinski definition) is 3. The van der Waals surface area contributed by atoms with Gasteiger partial charge in [0.2, 0.25) is 0 Å². The van der Waals surface area contributed by atoms with Crippen LogP contribution in [0.1, 0.15) is 18.5 Å². The van der Waals surface area contributed by atoms with Crippen LogP contribution >= 0.6 is 0 Å². The van der Waals surface area contributed by atoms with Gasteiger partial charge in [-0.1, -0.05) is 6.08 Å². The topological polar surface area (TPSA) is 51.8 Å². The average Bonchev–Trinajstić information content (AvgIpc) is 2.54. The van der Waals surface area contributed by atoms with Crippen molar-refractivity contribution in [2.75, 3.05) is 0 Å². The van der Waals surface area contributed by atoms with Crippen LogP contribution in [0.3, 0.4) is 0 Å². The Bertz CT molecular complexity index is 292.